The van der Waals surface area contributed by atoms with Gasteiger partial charge in [0.2, 0.25) is 0 Å². The van der Waals surface area contributed by atoms with Crippen LogP contribution in [0.2, 0.25) is 0 Å². The Morgan fingerprint density at radius 1 is 0.800 bits per heavy atom. The van der Waals surface area contributed by atoms with Gasteiger partial charge in [0.1, 0.15) is 0 Å². The van der Waals surface area contributed by atoms with Gasteiger partial charge >= 0.3 is 0 Å². The molecule has 0 amide bonds. The Hall–Kier alpha value is -1.82. The predicted molar refractivity (Wildman–Crippen MR) is 111 cm³/mol. The third-order valence-electron chi connectivity index (χ3n) is 5.34. The van der Waals surface area contributed by atoms with Crippen molar-refractivity contribution in [2.45, 2.75) is 64.7 Å². The molecule has 0 N–H and O–H groups in total. The van der Waals surface area contributed by atoms with E-state index in [-0.39, 0.29) is 5.41 Å². The van der Waals surface area contributed by atoms with Crippen LogP contribution < -0.4 is 0 Å². The molecule has 3 rings (SSSR count). The zero-order valence-corrected chi connectivity index (χ0v) is 16.2. The van der Waals surface area contributed by atoms with Crippen molar-refractivity contribution in [3.63, 3.8) is 0 Å². The summed E-state index contributed by atoms with van der Waals surface area (Å²) in [7, 11) is 0. The molecule has 1 aliphatic rings. The number of benzene rings is 2. The van der Waals surface area contributed by atoms with E-state index in [1.54, 1.807) is 0 Å². The molecule has 0 saturated carbocycles. The third kappa shape index (κ3) is 4.63. The van der Waals surface area contributed by atoms with Crippen molar-refractivity contribution in [2.75, 3.05) is 0 Å². The Labute approximate surface area is 155 Å². The Bertz CT molecular complexity index is 570. The van der Waals surface area contributed by atoms with E-state index in [4.69, 9.17) is 0 Å². The quantitative estimate of drug-likeness (QED) is 0.506. The molecule has 0 saturated heterocycles. The summed E-state index contributed by atoms with van der Waals surface area (Å²) in [6.07, 6.45) is 12.2. The minimum atomic E-state index is 0.136. The van der Waals surface area contributed by atoms with Crippen LogP contribution >= 0.6 is 0 Å². The number of hydrogen-bond acceptors (Lipinski definition) is 0. The molecule has 2 aromatic rings. The normalized spacial score (nSPS) is 17.3. The maximum atomic E-state index is 2.41. The lowest BCUT2D eigenvalue weighted by molar-refractivity contribution is 0.291. The van der Waals surface area contributed by atoms with E-state index in [2.05, 4.69) is 93.6 Å². The van der Waals surface area contributed by atoms with Crippen LogP contribution in [0.25, 0.3) is 0 Å². The molecule has 1 unspecified atom stereocenters. The zero-order valence-electron chi connectivity index (χ0n) is 16.2. The van der Waals surface area contributed by atoms with Crippen LogP contribution in [-0.4, -0.2) is 0 Å². The fraction of sp³-hybridized carbons (Fsp3) is 0.440. The summed E-state index contributed by atoms with van der Waals surface area (Å²) in [5.74, 6) is 0.682. The summed E-state index contributed by atoms with van der Waals surface area (Å²) in [6, 6.07) is 22.3. The van der Waals surface area contributed by atoms with Crippen LogP contribution in [0, 0.1) is 5.92 Å². The molecular formula is C25H34. The highest BCUT2D eigenvalue weighted by molar-refractivity contribution is 5.40. The van der Waals surface area contributed by atoms with Crippen LogP contribution in [0.4, 0.5) is 0 Å². The molecule has 0 nitrogen and oxygen atoms in total. The maximum Gasteiger partial charge on any atom is 0.0231 e. The fourth-order valence-electron chi connectivity index (χ4n) is 4.23. The van der Waals surface area contributed by atoms with Crippen LogP contribution in [0.5, 0.6) is 0 Å². The molecule has 2 aromatic carbocycles. The lowest BCUT2D eigenvalue weighted by Gasteiger charge is -2.41. The number of hydrogen-bond donors (Lipinski definition) is 0. The lowest BCUT2D eigenvalue weighted by atomic mass is 9.62. The largest absolute Gasteiger partial charge is 0.0885 e. The van der Waals surface area contributed by atoms with E-state index < -0.39 is 0 Å². The van der Waals surface area contributed by atoms with E-state index in [1.165, 1.54) is 43.2 Å². The van der Waals surface area contributed by atoms with Gasteiger partial charge in [0.05, 0.1) is 0 Å². The lowest BCUT2D eigenvalue weighted by Crippen LogP contribution is -2.36. The first-order valence-electron chi connectivity index (χ1n) is 10.1. The van der Waals surface area contributed by atoms with Crippen molar-refractivity contribution in [1.82, 2.24) is 0 Å². The molecule has 1 aliphatic carbocycles. The first-order valence-corrected chi connectivity index (χ1v) is 10.1. The Morgan fingerprint density at radius 3 is 1.80 bits per heavy atom. The van der Waals surface area contributed by atoms with E-state index in [0.717, 1.165) is 6.42 Å². The molecule has 0 heterocycles. The smallest absolute Gasteiger partial charge is 0.0231 e. The van der Waals surface area contributed by atoms with Gasteiger partial charge in [-0.1, -0.05) is 100 Å². The monoisotopic (exact) mass is 334 g/mol. The van der Waals surface area contributed by atoms with Crippen molar-refractivity contribution >= 4 is 0 Å². The summed E-state index contributed by atoms with van der Waals surface area (Å²) < 4.78 is 0. The standard InChI is InChI=1S/C22H26.C3H8/c1-2-22(20-15-9-5-10-16-20,21-17-11-6-12-18-21)19-13-7-3-4-8-14-19;1-3-2/h3,5-7,9-12,15-19H,2,4,8,13-14H2,1H3;3H2,1-2H3. The van der Waals surface area contributed by atoms with E-state index in [0.29, 0.717) is 5.92 Å². The molecule has 134 valence electrons. The maximum absolute atomic E-state index is 2.41. The average Bonchev–Trinajstić information content (AvgIpc) is 2.95. The Kier molecular flexibility index (Phi) is 7.98. The summed E-state index contributed by atoms with van der Waals surface area (Å²) in [5, 5.41) is 0. The molecule has 0 fully saturated rings. The summed E-state index contributed by atoms with van der Waals surface area (Å²) in [5.41, 5.74) is 3.09. The van der Waals surface area contributed by atoms with Gasteiger partial charge in [-0.3, -0.25) is 0 Å². The van der Waals surface area contributed by atoms with Gasteiger partial charge in [-0.25, -0.2) is 0 Å². The van der Waals surface area contributed by atoms with Gasteiger partial charge in [-0.15, -0.1) is 0 Å². The molecule has 1 atom stereocenters. The van der Waals surface area contributed by atoms with Crippen molar-refractivity contribution < 1.29 is 0 Å². The molecule has 0 bridgehead atoms. The second kappa shape index (κ2) is 10.2. The van der Waals surface area contributed by atoms with Crippen LogP contribution in [0.1, 0.15) is 70.4 Å². The summed E-state index contributed by atoms with van der Waals surface area (Å²) >= 11 is 0. The minimum Gasteiger partial charge on any atom is -0.0885 e. The topological polar surface area (TPSA) is 0 Å². The molecule has 0 radical (unpaired) electrons. The van der Waals surface area contributed by atoms with Crippen LogP contribution in [-0.2, 0) is 5.41 Å². The average molecular weight is 335 g/mol. The van der Waals surface area contributed by atoms with Crippen molar-refractivity contribution in [2.24, 2.45) is 5.92 Å². The molecule has 0 aliphatic heterocycles. The van der Waals surface area contributed by atoms with Gasteiger partial charge in [0.25, 0.3) is 0 Å². The predicted octanol–water partition coefficient (Wildman–Crippen LogP) is 7.55. The molecule has 0 heteroatoms. The highest BCUT2D eigenvalue weighted by atomic mass is 14.4. The van der Waals surface area contributed by atoms with Gasteiger partial charge < -0.3 is 0 Å². The summed E-state index contributed by atoms with van der Waals surface area (Å²) in [6.45, 7) is 6.61. The highest BCUT2D eigenvalue weighted by Crippen LogP contribution is 2.46. The second-order valence-corrected chi connectivity index (χ2v) is 7.10. The van der Waals surface area contributed by atoms with Crippen molar-refractivity contribution in [1.29, 1.82) is 0 Å². The molecular weight excluding hydrogens is 300 g/mol. The SMILES string of the molecule is CCC.CCC(c1ccccc1)(c1ccccc1)C1CC=CCCC1. The third-order valence-corrected chi connectivity index (χ3v) is 5.34. The van der Waals surface area contributed by atoms with E-state index in [9.17, 15) is 0 Å². The number of rotatable bonds is 4. The summed E-state index contributed by atoms with van der Waals surface area (Å²) in [4.78, 5) is 0. The van der Waals surface area contributed by atoms with Crippen molar-refractivity contribution in [3.8, 4) is 0 Å². The molecule has 25 heavy (non-hydrogen) atoms. The van der Waals surface area contributed by atoms with Gasteiger partial charge in [-0.05, 0) is 49.1 Å². The van der Waals surface area contributed by atoms with Crippen molar-refractivity contribution in [3.05, 3.63) is 83.9 Å². The van der Waals surface area contributed by atoms with Crippen LogP contribution in [0.3, 0.4) is 0 Å². The first kappa shape index (κ1) is 19.5. The Morgan fingerprint density at radius 2 is 1.32 bits per heavy atom. The van der Waals surface area contributed by atoms with Gasteiger partial charge in [0, 0.05) is 5.41 Å². The van der Waals surface area contributed by atoms with E-state index >= 15 is 0 Å². The Balaban J connectivity index is 0.000000701. The second-order valence-electron chi connectivity index (χ2n) is 7.10. The highest BCUT2D eigenvalue weighted by Gasteiger charge is 2.39. The number of allylic oxidation sites excluding steroid dienone is 2. The van der Waals surface area contributed by atoms with Gasteiger partial charge in [0.15, 0.2) is 0 Å². The minimum absolute atomic E-state index is 0.136. The zero-order chi connectivity index (χ0) is 18.0. The molecule has 0 aromatic heterocycles. The molecule has 0 spiro atoms. The van der Waals surface area contributed by atoms with E-state index in [1.807, 2.05) is 0 Å². The first-order chi connectivity index (χ1) is 12.3. The van der Waals surface area contributed by atoms with Crippen LogP contribution in [0.15, 0.2) is 72.8 Å². The van der Waals surface area contributed by atoms with Gasteiger partial charge in [-0.2, -0.15) is 0 Å². The fourth-order valence-corrected chi connectivity index (χ4v) is 4.23.